The summed E-state index contributed by atoms with van der Waals surface area (Å²) in [7, 11) is 0. The Hall–Kier alpha value is -1.84. The first kappa shape index (κ1) is 20.4. The summed E-state index contributed by atoms with van der Waals surface area (Å²) in [6.07, 6.45) is 14.5. The maximum absolute atomic E-state index is 13.7. The summed E-state index contributed by atoms with van der Waals surface area (Å²) in [4.78, 5) is 29.2. The Balaban J connectivity index is 1.61. The fourth-order valence-electron chi connectivity index (χ4n) is 5.73. The van der Waals surface area contributed by atoms with Gasteiger partial charge in [0.05, 0.1) is 0 Å². The summed E-state index contributed by atoms with van der Waals surface area (Å²) < 4.78 is 0. The normalized spacial score (nSPS) is 27.1. The van der Waals surface area contributed by atoms with Crippen LogP contribution in [0.4, 0.5) is 0 Å². The molecule has 29 heavy (non-hydrogen) atoms. The minimum absolute atomic E-state index is 0.0501. The average molecular weight is 397 g/mol. The minimum Gasteiger partial charge on any atom is -0.351 e. The van der Waals surface area contributed by atoms with E-state index in [1.807, 2.05) is 36.1 Å². The third-order valence-corrected chi connectivity index (χ3v) is 7.40. The van der Waals surface area contributed by atoms with E-state index in [-0.39, 0.29) is 23.9 Å². The van der Waals surface area contributed by atoms with Gasteiger partial charge in [0.2, 0.25) is 5.91 Å². The molecular weight excluding hydrogens is 360 g/mol. The molecule has 0 saturated heterocycles. The van der Waals surface area contributed by atoms with Crippen molar-refractivity contribution in [1.82, 2.24) is 10.2 Å². The van der Waals surface area contributed by atoms with Crippen LogP contribution in [0.2, 0.25) is 0 Å². The average Bonchev–Trinajstić information content (AvgIpc) is 2.70. The molecule has 0 bridgehead atoms. The number of benzene rings is 1. The summed E-state index contributed by atoms with van der Waals surface area (Å²) in [6, 6.07) is 8.30. The predicted molar refractivity (Wildman–Crippen MR) is 116 cm³/mol. The first-order valence-electron chi connectivity index (χ1n) is 11.8. The molecule has 1 unspecified atom stereocenters. The fraction of sp³-hybridized carbons (Fsp3) is 0.680. The molecule has 4 heteroatoms. The van der Waals surface area contributed by atoms with Crippen LogP contribution in [0, 0.1) is 0 Å². The molecule has 2 saturated carbocycles. The van der Waals surface area contributed by atoms with Gasteiger partial charge < -0.3 is 10.2 Å². The van der Waals surface area contributed by atoms with Gasteiger partial charge in [-0.2, -0.15) is 0 Å². The van der Waals surface area contributed by atoms with Crippen molar-refractivity contribution in [2.75, 3.05) is 0 Å². The zero-order chi connectivity index (χ0) is 20.3. The highest BCUT2D eigenvalue weighted by Crippen LogP contribution is 2.37. The maximum Gasteiger partial charge on any atom is 0.255 e. The van der Waals surface area contributed by atoms with E-state index in [1.165, 1.54) is 38.5 Å². The summed E-state index contributed by atoms with van der Waals surface area (Å²) >= 11 is 0. The van der Waals surface area contributed by atoms with Gasteiger partial charge in [0, 0.05) is 24.1 Å². The zero-order valence-electron chi connectivity index (χ0n) is 17.9. The highest BCUT2D eigenvalue weighted by Gasteiger charge is 2.49. The smallest absolute Gasteiger partial charge is 0.255 e. The number of nitrogens with one attached hydrogen (secondary N) is 1. The highest BCUT2D eigenvalue weighted by atomic mass is 16.2. The lowest BCUT2D eigenvalue weighted by Gasteiger charge is -2.49. The largest absolute Gasteiger partial charge is 0.351 e. The van der Waals surface area contributed by atoms with E-state index in [4.69, 9.17) is 0 Å². The van der Waals surface area contributed by atoms with Gasteiger partial charge in [0.25, 0.3) is 5.91 Å². The number of carbonyl (C=O) groups is 2. The molecule has 1 aromatic carbocycles. The van der Waals surface area contributed by atoms with Gasteiger partial charge >= 0.3 is 0 Å². The van der Waals surface area contributed by atoms with Crippen LogP contribution in [0.15, 0.2) is 24.3 Å². The molecule has 3 aliphatic rings. The molecule has 1 aliphatic heterocycles. The van der Waals surface area contributed by atoms with Crippen molar-refractivity contribution in [2.24, 2.45) is 0 Å². The maximum atomic E-state index is 13.7. The van der Waals surface area contributed by atoms with Gasteiger partial charge in [-0.25, -0.2) is 0 Å². The number of hydrogen-bond acceptors (Lipinski definition) is 2. The third-order valence-electron chi connectivity index (χ3n) is 7.40. The molecule has 0 radical (unpaired) electrons. The quantitative estimate of drug-likeness (QED) is 0.781. The second-order valence-corrected chi connectivity index (χ2v) is 9.59. The van der Waals surface area contributed by atoms with Gasteiger partial charge in [-0.1, -0.05) is 69.6 Å². The van der Waals surface area contributed by atoms with Crippen LogP contribution in [-0.2, 0) is 11.2 Å². The zero-order valence-corrected chi connectivity index (χ0v) is 17.9. The van der Waals surface area contributed by atoms with E-state index in [9.17, 15) is 9.59 Å². The molecule has 1 heterocycles. The Bertz CT molecular complexity index is 732. The van der Waals surface area contributed by atoms with Gasteiger partial charge in [-0.3, -0.25) is 9.59 Å². The van der Waals surface area contributed by atoms with E-state index in [1.54, 1.807) is 0 Å². The van der Waals surface area contributed by atoms with E-state index in [2.05, 4.69) is 5.32 Å². The Morgan fingerprint density at radius 3 is 2.24 bits per heavy atom. The van der Waals surface area contributed by atoms with E-state index in [0.717, 1.165) is 49.7 Å². The molecular formula is C25H36N2O2. The number of nitrogens with zero attached hydrogens (tertiary/aromatic N) is 1. The molecule has 1 aromatic rings. The van der Waals surface area contributed by atoms with Crippen LogP contribution < -0.4 is 5.32 Å². The topological polar surface area (TPSA) is 49.4 Å². The lowest BCUT2D eigenvalue weighted by atomic mass is 9.79. The van der Waals surface area contributed by atoms with Gasteiger partial charge in [0.1, 0.15) is 5.54 Å². The van der Waals surface area contributed by atoms with Gasteiger partial charge in [0.15, 0.2) is 0 Å². The summed E-state index contributed by atoms with van der Waals surface area (Å²) in [5.41, 5.74) is 1.00. The highest BCUT2D eigenvalue weighted by molar-refractivity contribution is 6.02. The first-order valence-corrected chi connectivity index (χ1v) is 11.8. The second-order valence-electron chi connectivity index (χ2n) is 9.59. The molecule has 1 atom stereocenters. The van der Waals surface area contributed by atoms with Crippen LogP contribution in [-0.4, -0.2) is 34.3 Å². The molecule has 4 rings (SSSR count). The van der Waals surface area contributed by atoms with Crippen LogP contribution in [0.3, 0.4) is 0 Å². The first-order chi connectivity index (χ1) is 14.1. The SMILES string of the molecule is CC1(C(=O)NC2CCCCCCC2)Cc2ccccc2C(=O)N1C1CCCCC1. The van der Waals surface area contributed by atoms with Crippen LogP contribution in [0.25, 0.3) is 0 Å². The summed E-state index contributed by atoms with van der Waals surface area (Å²) in [6.45, 7) is 2.01. The summed E-state index contributed by atoms with van der Waals surface area (Å²) in [5, 5.41) is 3.38. The number of rotatable bonds is 3. The molecule has 0 spiro atoms. The Kier molecular flexibility index (Phi) is 6.26. The minimum atomic E-state index is -0.796. The Labute approximate surface area is 175 Å². The van der Waals surface area contributed by atoms with E-state index >= 15 is 0 Å². The van der Waals surface area contributed by atoms with Crippen molar-refractivity contribution in [3.63, 3.8) is 0 Å². The molecule has 0 aromatic heterocycles. The van der Waals surface area contributed by atoms with Crippen molar-refractivity contribution in [1.29, 1.82) is 0 Å². The van der Waals surface area contributed by atoms with Crippen molar-refractivity contribution in [2.45, 2.75) is 108 Å². The number of fused-ring (bicyclic) bond motifs is 1. The fourth-order valence-corrected chi connectivity index (χ4v) is 5.73. The lowest BCUT2D eigenvalue weighted by molar-refractivity contribution is -0.134. The monoisotopic (exact) mass is 396 g/mol. The van der Waals surface area contributed by atoms with E-state index in [0.29, 0.717) is 6.42 Å². The molecule has 4 nitrogen and oxygen atoms in total. The van der Waals surface area contributed by atoms with Crippen molar-refractivity contribution in [3.05, 3.63) is 35.4 Å². The molecule has 158 valence electrons. The third kappa shape index (κ3) is 4.22. The van der Waals surface area contributed by atoms with Crippen molar-refractivity contribution < 1.29 is 9.59 Å². The van der Waals surface area contributed by atoms with E-state index < -0.39 is 5.54 Å². The predicted octanol–water partition coefficient (Wildman–Crippen LogP) is 5.01. The molecule has 2 fully saturated rings. The van der Waals surface area contributed by atoms with Gasteiger partial charge in [-0.05, 0) is 44.2 Å². The molecule has 1 N–H and O–H groups in total. The van der Waals surface area contributed by atoms with Gasteiger partial charge in [-0.15, -0.1) is 0 Å². The molecule has 2 amide bonds. The standard InChI is InChI=1S/C25H36N2O2/c1-25(24(29)26-20-13-6-3-2-4-7-14-20)18-19-12-10-11-17-22(19)23(28)27(25)21-15-8-5-9-16-21/h10-12,17,20-21H,2-9,13-16,18H2,1H3,(H,26,29). The van der Waals surface area contributed by atoms with Crippen molar-refractivity contribution >= 4 is 11.8 Å². The Morgan fingerprint density at radius 2 is 1.52 bits per heavy atom. The van der Waals surface area contributed by atoms with Crippen LogP contribution in [0.1, 0.15) is 99.9 Å². The Morgan fingerprint density at radius 1 is 0.931 bits per heavy atom. The molecule has 2 aliphatic carbocycles. The van der Waals surface area contributed by atoms with Crippen molar-refractivity contribution in [3.8, 4) is 0 Å². The lowest BCUT2D eigenvalue weighted by Crippen LogP contribution is -2.66. The number of carbonyl (C=O) groups excluding carboxylic acids is 2. The van der Waals surface area contributed by atoms with Crippen LogP contribution >= 0.6 is 0 Å². The number of amides is 2. The number of hydrogen-bond donors (Lipinski definition) is 1. The van der Waals surface area contributed by atoms with Crippen LogP contribution in [0.5, 0.6) is 0 Å². The summed E-state index contributed by atoms with van der Waals surface area (Å²) in [5.74, 6) is 0.102. The second kappa shape index (κ2) is 8.89.